The van der Waals surface area contributed by atoms with Gasteiger partial charge in [0.2, 0.25) is 0 Å². The molecule has 4 N–H and O–H groups in total. The zero-order valence-corrected chi connectivity index (χ0v) is 9.60. The van der Waals surface area contributed by atoms with Gasteiger partial charge in [0.15, 0.2) is 0 Å². The predicted molar refractivity (Wildman–Crippen MR) is 58.0 cm³/mol. The maximum atomic E-state index is 9.59. The molecule has 0 aliphatic carbocycles. The Labute approximate surface area is 95.7 Å². The monoisotopic (exact) mass is 241 g/mol. The number of rotatable bonds is 3. The third kappa shape index (κ3) is 3.27. The molecule has 0 bridgehead atoms. The molecule has 15 heavy (non-hydrogen) atoms. The largest absolute Gasteiger partial charge is 0.395 e. The second-order valence-corrected chi connectivity index (χ2v) is 3.79. The van der Waals surface area contributed by atoms with Crippen molar-refractivity contribution in [2.45, 2.75) is 37.7 Å². The molecular weight excluding hydrogens is 222 g/mol. The van der Waals surface area contributed by atoms with Crippen molar-refractivity contribution in [3.05, 3.63) is 0 Å². The Hall–Kier alpha value is 0.0900. The van der Waals surface area contributed by atoms with Gasteiger partial charge in [-0.2, -0.15) is 0 Å². The minimum absolute atomic E-state index is 0. The first-order valence-corrected chi connectivity index (χ1v) is 5.01. The lowest BCUT2D eigenvalue weighted by Gasteiger charge is -2.43. The highest BCUT2D eigenvalue weighted by Gasteiger charge is 2.40. The van der Waals surface area contributed by atoms with Gasteiger partial charge in [-0.05, 0) is 13.0 Å². The molecule has 92 valence electrons. The van der Waals surface area contributed by atoms with E-state index in [2.05, 4.69) is 0 Å². The minimum atomic E-state index is -1.15. The quantitative estimate of drug-likeness (QED) is 0.487. The number of halogens is 1. The Morgan fingerprint density at radius 1 is 1.20 bits per heavy atom. The van der Waals surface area contributed by atoms with Crippen LogP contribution in [0.1, 0.15) is 13.3 Å². The van der Waals surface area contributed by atoms with Gasteiger partial charge in [-0.15, -0.1) is 12.4 Å². The maximum absolute atomic E-state index is 9.59. The van der Waals surface area contributed by atoms with Crippen LogP contribution in [0.5, 0.6) is 0 Å². The van der Waals surface area contributed by atoms with E-state index in [1.54, 1.807) is 0 Å². The fraction of sp³-hybridized carbons (Fsp3) is 1.00. The Morgan fingerprint density at radius 2 is 1.80 bits per heavy atom. The summed E-state index contributed by atoms with van der Waals surface area (Å²) in [6.07, 6.45) is -2.28. The Balaban J connectivity index is 0.00000196. The molecule has 0 amide bonds. The van der Waals surface area contributed by atoms with Crippen LogP contribution in [-0.2, 0) is 0 Å². The molecule has 0 spiro atoms. The van der Waals surface area contributed by atoms with Crippen LogP contribution in [0, 0.1) is 0 Å². The van der Waals surface area contributed by atoms with Crippen molar-refractivity contribution < 1.29 is 20.4 Å². The molecule has 1 saturated heterocycles. The summed E-state index contributed by atoms with van der Waals surface area (Å²) < 4.78 is 0. The Kier molecular flexibility index (Phi) is 6.66. The number of nitrogens with zero attached hydrogens (tertiary/aromatic N) is 1. The van der Waals surface area contributed by atoms with Gasteiger partial charge in [0.05, 0.1) is 18.8 Å². The fourth-order valence-electron chi connectivity index (χ4n) is 1.92. The molecule has 0 radical (unpaired) electrons. The highest BCUT2D eigenvalue weighted by molar-refractivity contribution is 5.85. The lowest BCUT2D eigenvalue weighted by molar-refractivity contribution is -0.144. The van der Waals surface area contributed by atoms with Crippen molar-refractivity contribution in [2.75, 3.05) is 19.7 Å². The standard InChI is InChI=1S/C9H19NO4.ClH/c1-2-3-10-4-7(12)9(14)8(13)6(10)5-11;/h6-9,11-14H,2-5H2,1H3;1H. The average Bonchev–Trinajstić information content (AvgIpc) is 2.16. The van der Waals surface area contributed by atoms with Gasteiger partial charge in [-0.3, -0.25) is 4.90 Å². The van der Waals surface area contributed by atoms with E-state index in [0.29, 0.717) is 13.1 Å². The number of aliphatic hydroxyl groups is 4. The summed E-state index contributed by atoms with van der Waals surface area (Å²) >= 11 is 0. The van der Waals surface area contributed by atoms with Crippen molar-refractivity contribution in [3.63, 3.8) is 0 Å². The molecule has 1 fully saturated rings. The van der Waals surface area contributed by atoms with Crippen LogP contribution in [0.15, 0.2) is 0 Å². The molecule has 0 aromatic rings. The molecule has 1 rings (SSSR count). The van der Waals surface area contributed by atoms with Crippen molar-refractivity contribution in [1.82, 2.24) is 4.90 Å². The second kappa shape index (κ2) is 6.62. The van der Waals surface area contributed by atoms with Gasteiger partial charge in [0, 0.05) is 6.54 Å². The summed E-state index contributed by atoms with van der Waals surface area (Å²) in [6.45, 7) is 2.78. The SMILES string of the molecule is CCCN1CC(O)C(O)C(O)C1CO.Cl. The van der Waals surface area contributed by atoms with E-state index in [1.165, 1.54) is 0 Å². The number of aliphatic hydroxyl groups excluding tert-OH is 4. The van der Waals surface area contributed by atoms with Crippen LogP contribution in [0.25, 0.3) is 0 Å². The van der Waals surface area contributed by atoms with E-state index >= 15 is 0 Å². The smallest absolute Gasteiger partial charge is 0.109 e. The summed E-state index contributed by atoms with van der Waals surface area (Å²) in [5.41, 5.74) is 0. The van der Waals surface area contributed by atoms with Crippen LogP contribution in [-0.4, -0.2) is 69.4 Å². The molecule has 0 aromatic carbocycles. The van der Waals surface area contributed by atoms with Gasteiger partial charge in [-0.25, -0.2) is 0 Å². The van der Waals surface area contributed by atoms with E-state index in [4.69, 9.17) is 5.11 Å². The number of hydrogen-bond acceptors (Lipinski definition) is 5. The van der Waals surface area contributed by atoms with E-state index < -0.39 is 24.4 Å². The van der Waals surface area contributed by atoms with Gasteiger partial charge in [0.25, 0.3) is 0 Å². The van der Waals surface area contributed by atoms with Gasteiger partial charge in [0.1, 0.15) is 12.2 Å². The summed E-state index contributed by atoms with van der Waals surface area (Å²) in [5, 5.41) is 37.5. The predicted octanol–water partition coefficient (Wildman–Crippen LogP) is -1.42. The van der Waals surface area contributed by atoms with Crippen molar-refractivity contribution >= 4 is 12.4 Å². The zero-order valence-electron chi connectivity index (χ0n) is 8.78. The van der Waals surface area contributed by atoms with Gasteiger partial charge < -0.3 is 20.4 Å². The number of likely N-dealkylation sites (tertiary alicyclic amines) is 1. The summed E-state index contributed by atoms with van der Waals surface area (Å²) in [5.74, 6) is 0. The van der Waals surface area contributed by atoms with E-state index in [1.807, 2.05) is 11.8 Å². The van der Waals surface area contributed by atoms with Crippen LogP contribution in [0.3, 0.4) is 0 Å². The molecule has 0 aromatic heterocycles. The Bertz CT molecular complexity index is 183. The second-order valence-electron chi connectivity index (χ2n) is 3.79. The molecule has 4 unspecified atom stereocenters. The Morgan fingerprint density at radius 3 is 2.27 bits per heavy atom. The molecule has 1 heterocycles. The lowest BCUT2D eigenvalue weighted by atomic mass is 9.94. The van der Waals surface area contributed by atoms with Crippen LogP contribution in [0.2, 0.25) is 0 Å². The van der Waals surface area contributed by atoms with Gasteiger partial charge >= 0.3 is 0 Å². The van der Waals surface area contributed by atoms with Crippen molar-refractivity contribution in [2.24, 2.45) is 0 Å². The number of hydrogen-bond donors (Lipinski definition) is 4. The molecule has 5 nitrogen and oxygen atoms in total. The highest BCUT2D eigenvalue weighted by Crippen LogP contribution is 2.18. The first-order chi connectivity index (χ1) is 6.61. The fourth-order valence-corrected chi connectivity index (χ4v) is 1.92. The maximum Gasteiger partial charge on any atom is 0.109 e. The first kappa shape index (κ1) is 15.1. The molecule has 6 heteroatoms. The first-order valence-electron chi connectivity index (χ1n) is 5.01. The molecular formula is C9H20ClNO4. The number of β-amino-alcohol motifs (C(OH)–C–C–N with tert-alkyl or cyclic N) is 1. The summed E-state index contributed by atoms with van der Waals surface area (Å²) in [4.78, 5) is 1.81. The molecule has 1 aliphatic heterocycles. The lowest BCUT2D eigenvalue weighted by Crippen LogP contribution is -2.62. The van der Waals surface area contributed by atoms with E-state index in [9.17, 15) is 15.3 Å². The topological polar surface area (TPSA) is 84.2 Å². The molecule has 1 aliphatic rings. The molecule has 4 atom stereocenters. The van der Waals surface area contributed by atoms with Crippen LogP contribution < -0.4 is 0 Å². The summed E-state index contributed by atoms with van der Waals surface area (Å²) in [6, 6.07) is -0.464. The van der Waals surface area contributed by atoms with E-state index in [0.717, 1.165) is 6.42 Å². The normalized spacial score (nSPS) is 37.4. The molecule has 0 saturated carbocycles. The average molecular weight is 242 g/mol. The highest BCUT2D eigenvalue weighted by atomic mass is 35.5. The van der Waals surface area contributed by atoms with Crippen molar-refractivity contribution in [1.29, 1.82) is 0 Å². The third-order valence-corrected chi connectivity index (χ3v) is 2.73. The number of piperidine rings is 1. The van der Waals surface area contributed by atoms with Crippen molar-refractivity contribution in [3.8, 4) is 0 Å². The minimum Gasteiger partial charge on any atom is -0.395 e. The zero-order chi connectivity index (χ0) is 10.7. The van der Waals surface area contributed by atoms with E-state index in [-0.39, 0.29) is 19.0 Å². The third-order valence-electron chi connectivity index (χ3n) is 2.73. The van der Waals surface area contributed by atoms with Gasteiger partial charge in [-0.1, -0.05) is 6.92 Å². The van der Waals surface area contributed by atoms with Crippen LogP contribution >= 0.6 is 12.4 Å². The van der Waals surface area contributed by atoms with Crippen LogP contribution in [0.4, 0.5) is 0 Å². The summed E-state index contributed by atoms with van der Waals surface area (Å²) in [7, 11) is 0.